The van der Waals surface area contributed by atoms with Gasteiger partial charge in [0.05, 0.1) is 17.8 Å². The summed E-state index contributed by atoms with van der Waals surface area (Å²) >= 11 is 0. The van der Waals surface area contributed by atoms with E-state index in [-0.39, 0.29) is 11.6 Å². The van der Waals surface area contributed by atoms with Crippen LogP contribution in [-0.2, 0) is 6.42 Å². The van der Waals surface area contributed by atoms with E-state index in [0.29, 0.717) is 12.4 Å². The average Bonchev–Trinajstić information content (AvgIpc) is 2.53. The van der Waals surface area contributed by atoms with E-state index in [1.807, 2.05) is 40.0 Å². The Morgan fingerprint density at radius 3 is 2.47 bits per heavy atom. The molecule has 1 aliphatic heterocycles. The quantitative estimate of drug-likeness (QED) is 0.782. The molecular formula is C12H18N4O. The van der Waals surface area contributed by atoms with Crippen LogP contribution in [0.15, 0.2) is 12.1 Å². The zero-order chi connectivity index (χ0) is 12.6. The molecule has 1 aliphatic rings. The summed E-state index contributed by atoms with van der Waals surface area (Å²) in [5.74, 6) is 0.629. The predicted octanol–water partition coefficient (Wildman–Crippen LogP) is 1.69. The van der Waals surface area contributed by atoms with Gasteiger partial charge in [0.2, 0.25) is 0 Å². The van der Waals surface area contributed by atoms with E-state index in [2.05, 4.69) is 10.2 Å². The minimum atomic E-state index is -0.164. The van der Waals surface area contributed by atoms with Crippen LogP contribution in [0.1, 0.15) is 26.5 Å². The van der Waals surface area contributed by atoms with Gasteiger partial charge < -0.3 is 4.90 Å². The number of anilines is 1. The first-order chi connectivity index (χ1) is 7.95. The summed E-state index contributed by atoms with van der Waals surface area (Å²) in [6, 6.07) is 3.76. The van der Waals surface area contributed by atoms with E-state index in [1.165, 1.54) is 0 Å². The number of aromatic nitrogens is 2. The summed E-state index contributed by atoms with van der Waals surface area (Å²) in [6.45, 7) is 6.75. The second kappa shape index (κ2) is 3.98. The molecule has 0 saturated carbocycles. The van der Waals surface area contributed by atoms with Gasteiger partial charge in [0.1, 0.15) is 0 Å². The fourth-order valence-electron chi connectivity index (χ4n) is 1.86. The van der Waals surface area contributed by atoms with Crippen molar-refractivity contribution in [1.82, 2.24) is 15.1 Å². The normalized spacial score (nSPS) is 18.9. The Hall–Kier alpha value is -1.65. The third-order valence-corrected chi connectivity index (χ3v) is 3.32. The lowest BCUT2D eigenvalue weighted by Gasteiger charge is -2.24. The lowest BCUT2D eigenvalue weighted by atomic mass is 10.1. The van der Waals surface area contributed by atoms with E-state index in [4.69, 9.17) is 0 Å². The van der Waals surface area contributed by atoms with E-state index in [1.54, 1.807) is 9.80 Å². The van der Waals surface area contributed by atoms with Crippen LogP contribution in [-0.4, -0.2) is 40.3 Å². The summed E-state index contributed by atoms with van der Waals surface area (Å²) in [5.41, 5.74) is 0.773. The van der Waals surface area contributed by atoms with Gasteiger partial charge in [-0.15, -0.1) is 5.10 Å². The van der Waals surface area contributed by atoms with Crippen LogP contribution >= 0.6 is 0 Å². The number of nitrogens with zero attached hydrogens (tertiary/aromatic N) is 4. The fourth-order valence-corrected chi connectivity index (χ4v) is 1.86. The molecule has 0 unspecified atom stereocenters. The van der Waals surface area contributed by atoms with Gasteiger partial charge in [0.25, 0.3) is 0 Å². The molecule has 1 fully saturated rings. The van der Waals surface area contributed by atoms with E-state index in [0.717, 1.165) is 12.1 Å². The summed E-state index contributed by atoms with van der Waals surface area (Å²) in [6.07, 6.45) is 0.854. The Balaban J connectivity index is 2.26. The zero-order valence-corrected chi connectivity index (χ0v) is 10.8. The van der Waals surface area contributed by atoms with E-state index in [9.17, 15) is 4.79 Å². The maximum absolute atomic E-state index is 12.1. The number of carbonyl (C=O) groups excluding carboxylic acids is 1. The van der Waals surface area contributed by atoms with Crippen LogP contribution in [0.5, 0.6) is 0 Å². The number of carbonyl (C=O) groups is 1. The highest BCUT2D eigenvalue weighted by atomic mass is 16.2. The van der Waals surface area contributed by atoms with Crippen molar-refractivity contribution >= 4 is 11.8 Å². The highest BCUT2D eigenvalue weighted by Gasteiger charge is 2.41. The molecule has 0 bridgehead atoms. The number of aryl methyl sites for hydroxylation is 1. The maximum Gasteiger partial charge on any atom is 0.326 e. The molecule has 5 heteroatoms. The molecule has 1 aromatic heterocycles. The lowest BCUT2D eigenvalue weighted by molar-refractivity contribution is 0.198. The van der Waals surface area contributed by atoms with Gasteiger partial charge >= 0.3 is 6.03 Å². The molecule has 0 aromatic carbocycles. The summed E-state index contributed by atoms with van der Waals surface area (Å²) in [4.78, 5) is 15.5. The second-order valence-electron chi connectivity index (χ2n) is 4.98. The Labute approximate surface area is 101 Å². The van der Waals surface area contributed by atoms with Crippen molar-refractivity contribution in [3.63, 3.8) is 0 Å². The SMILES string of the molecule is CCc1ccc(N2CC(C)(C)N(C)C2=O)nn1. The Morgan fingerprint density at radius 2 is 2.06 bits per heavy atom. The number of hydrogen-bond donors (Lipinski definition) is 0. The molecule has 0 atom stereocenters. The maximum atomic E-state index is 12.1. The van der Waals surface area contributed by atoms with Gasteiger partial charge in [-0.25, -0.2) is 4.79 Å². The first-order valence-corrected chi connectivity index (χ1v) is 5.83. The molecule has 2 amide bonds. The van der Waals surface area contributed by atoms with Gasteiger partial charge in [0, 0.05) is 7.05 Å². The van der Waals surface area contributed by atoms with Crippen LogP contribution < -0.4 is 4.90 Å². The molecule has 1 saturated heterocycles. The third-order valence-electron chi connectivity index (χ3n) is 3.32. The van der Waals surface area contributed by atoms with Crippen LogP contribution in [0.4, 0.5) is 10.6 Å². The lowest BCUT2D eigenvalue weighted by Crippen LogP contribution is -2.38. The molecule has 0 spiro atoms. The largest absolute Gasteiger partial charge is 0.326 e. The van der Waals surface area contributed by atoms with Crippen molar-refractivity contribution in [1.29, 1.82) is 0 Å². The summed E-state index contributed by atoms with van der Waals surface area (Å²) in [5, 5.41) is 8.20. The van der Waals surface area contributed by atoms with Gasteiger partial charge in [-0.3, -0.25) is 4.90 Å². The van der Waals surface area contributed by atoms with Crippen molar-refractivity contribution in [2.45, 2.75) is 32.7 Å². The Morgan fingerprint density at radius 1 is 1.35 bits per heavy atom. The predicted molar refractivity (Wildman–Crippen MR) is 66.0 cm³/mol. The van der Waals surface area contributed by atoms with Crippen molar-refractivity contribution < 1.29 is 4.79 Å². The van der Waals surface area contributed by atoms with Crippen molar-refractivity contribution in [3.8, 4) is 0 Å². The molecular weight excluding hydrogens is 216 g/mol. The summed E-state index contributed by atoms with van der Waals surface area (Å²) in [7, 11) is 1.82. The number of rotatable bonds is 2. The molecule has 17 heavy (non-hydrogen) atoms. The van der Waals surface area contributed by atoms with Crippen molar-refractivity contribution in [2.24, 2.45) is 0 Å². The molecule has 92 valence electrons. The second-order valence-corrected chi connectivity index (χ2v) is 4.98. The van der Waals surface area contributed by atoms with Gasteiger partial charge in [-0.1, -0.05) is 6.92 Å². The van der Waals surface area contributed by atoms with Crippen molar-refractivity contribution in [2.75, 3.05) is 18.5 Å². The van der Waals surface area contributed by atoms with Crippen LogP contribution in [0.3, 0.4) is 0 Å². The van der Waals surface area contributed by atoms with E-state index >= 15 is 0 Å². The number of hydrogen-bond acceptors (Lipinski definition) is 3. The number of likely N-dealkylation sites (N-methyl/N-ethyl adjacent to an activating group) is 1. The highest BCUT2D eigenvalue weighted by molar-refractivity contribution is 5.94. The van der Waals surface area contributed by atoms with Gasteiger partial charge in [-0.05, 0) is 32.4 Å². The fraction of sp³-hybridized carbons (Fsp3) is 0.583. The third kappa shape index (κ3) is 1.97. The topological polar surface area (TPSA) is 49.3 Å². The van der Waals surface area contributed by atoms with Gasteiger partial charge in [0.15, 0.2) is 5.82 Å². The van der Waals surface area contributed by atoms with Crippen LogP contribution in [0.2, 0.25) is 0 Å². The van der Waals surface area contributed by atoms with Crippen LogP contribution in [0, 0.1) is 0 Å². The van der Waals surface area contributed by atoms with Crippen molar-refractivity contribution in [3.05, 3.63) is 17.8 Å². The smallest absolute Gasteiger partial charge is 0.320 e. The number of urea groups is 1. The molecule has 0 N–H and O–H groups in total. The monoisotopic (exact) mass is 234 g/mol. The highest BCUT2D eigenvalue weighted by Crippen LogP contribution is 2.27. The Bertz CT molecular complexity index is 427. The molecule has 1 aromatic rings. The zero-order valence-electron chi connectivity index (χ0n) is 10.8. The Kier molecular flexibility index (Phi) is 2.77. The minimum Gasteiger partial charge on any atom is -0.320 e. The molecule has 0 aliphatic carbocycles. The first-order valence-electron chi connectivity index (χ1n) is 5.83. The molecule has 5 nitrogen and oxygen atoms in total. The minimum absolute atomic E-state index is 0.0199. The molecule has 2 rings (SSSR count). The van der Waals surface area contributed by atoms with E-state index < -0.39 is 0 Å². The van der Waals surface area contributed by atoms with Gasteiger partial charge in [-0.2, -0.15) is 5.10 Å². The first kappa shape index (κ1) is 11.8. The average molecular weight is 234 g/mol. The molecule has 0 radical (unpaired) electrons. The van der Waals surface area contributed by atoms with Crippen LogP contribution in [0.25, 0.3) is 0 Å². The summed E-state index contributed by atoms with van der Waals surface area (Å²) < 4.78 is 0. The molecule has 2 heterocycles. The standard InChI is InChI=1S/C12H18N4O/c1-5-9-6-7-10(14-13-9)16-8-12(2,3)15(4)11(16)17/h6-7H,5,8H2,1-4H3. The number of amides is 2.